The van der Waals surface area contributed by atoms with Crippen molar-refractivity contribution in [2.75, 3.05) is 6.61 Å². The van der Waals surface area contributed by atoms with Crippen LogP contribution < -0.4 is 0 Å². The van der Waals surface area contributed by atoms with E-state index in [0.717, 1.165) is 24.0 Å². The molecule has 2 rings (SSSR count). The van der Waals surface area contributed by atoms with Crippen molar-refractivity contribution in [2.24, 2.45) is 29.6 Å². The van der Waals surface area contributed by atoms with Crippen molar-refractivity contribution in [2.45, 2.75) is 92.5 Å². The van der Waals surface area contributed by atoms with Gasteiger partial charge in [0.25, 0.3) is 0 Å². The van der Waals surface area contributed by atoms with Crippen LogP contribution in [0.4, 0.5) is 0 Å². The molecular formula is C32H48O5. The van der Waals surface area contributed by atoms with Crippen LogP contribution in [-0.4, -0.2) is 41.3 Å². The molecular weight excluding hydrogens is 464 g/mol. The van der Waals surface area contributed by atoms with Crippen LogP contribution in [0.2, 0.25) is 0 Å². The Bertz CT molecular complexity index is 939. The van der Waals surface area contributed by atoms with Crippen LogP contribution in [0.15, 0.2) is 59.8 Å². The van der Waals surface area contributed by atoms with Crippen LogP contribution in [0.25, 0.3) is 0 Å². The maximum atomic E-state index is 13.2. The summed E-state index contributed by atoms with van der Waals surface area (Å²) < 4.78 is 11.6. The van der Waals surface area contributed by atoms with Crippen molar-refractivity contribution < 1.29 is 24.2 Å². The van der Waals surface area contributed by atoms with Gasteiger partial charge in [-0.25, -0.2) is 4.79 Å². The van der Waals surface area contributed by atoms with E-state index in [1.165, 1.54) is 6.08 Å². The van der Waals surface area contributed by atoms with E-state index in [2.05, 4.69) is 39.0 Å². The summed E-state index contributed by atoms with van der Waals surface area (Å²) in [5.41, 5.74) is 1.87. The van der Waals surface area contributed by atoms with Gasteiger partial charge in [0, 0.05) is 30.4 Å². The number of Topliss-reactive ketones (excluding diaryl/α,β-unsaturated/α-hetero) is 1. The van der Waals surface area contributed by atoms with E-state index in [1.807, 2.05) is 58.9 Å². The highest BCUT2D eigenvalue weighted by Crippen LogP contribution is 2.40. The molecule has 5 heteroatoms. The van der Waals surface area contributed by atoms with E-state index in [0.29, 0.717) is 18.3 Å². The lowest BCUT2D eigenvalue weighted by atomic mass is 9.83. The SMILES string of the molecule is CC(=C/[C@@H](C)C/C=C/C(C)=C/[C@@H](C)C(=O)[C@@H](C)[C@H]1O[C@@](C)(CCO)C[C@@H]1C)/C=C/[C@@H]1OC(=O)C=C[C@@H]1C. The third-order valence-corrected chi connectivity index (χ3v) is 7.57. The minimum Gasteiger partial charge on any atom is -0.454 e. The average Bonchev–Trinajstić information content (AvgIpc) is 3.12. The summed E-state index contributed by atoms with van der Waals surface area (Å²) in [6.45, 7) is 16.5. The predicted molar refractivity (Wildman–Crippen MR) is 150 cm³/mol. The molecule has 0 spiro atoms. The molecule has 5 nitrogen and oxygen atoms in total. The van der Waals surface area contributed by atoms with Gasteiger partial charge >= 0.3 is 5.97 Å². The molecule has 2 aliphatic heterocycles. The number of allylic oxidation sites excluding steroid dienone is 7. The highest BCUT2D eigenvalue weighted by Gasteiger charge is 2.44. The van der Waals surface area contributed by atoms with Crippen molar-refractivity contribution in [1.82, 2.24) is 0 Å². The zero-order chi connectivity index (χ0) is 27.8. The van der Waals surface area contributed by atoms with E-state index in [-0.39, 0.29) is 53.9 Å². The quantitative estimate of drug-likeness (QED) is 0.237. The van der Waals surface area contributed by atoms with Crippen LogP contribution in [-0.2, 0) is 19.1 Å². The summed E-state index contributed by atoms with van der Waals surface area (Å²) in [6.07, 6.45) is 17.9. The van der Waals surface area contributed by atoms with Crippen LogP contribution in [0.1, 0.15) is 74.7 Å². The third-order valence-electron chi connectivity index (χ3n) is 7.57. The molecule has 206 valence electrons. The second-order valence-electron chi connectivity index (χ2n) is 11.6. The van der Waals surface area contributed by atoms with Gasteiger partial charge < -0.3 is 14.6 Å². The summed E-state index contributed by atoms with van der Waals surface area (Å²) >= 11 is 0. The number of cyclic esters (lactones) is 1. The molecule has 1 fully saturated rings. The third kappa shape index (κ3) is 9.54. The number of ether oxygens (including phenoxy) is 2. The molecule has 0 bridgehead atoms. The van der Waals surface area contributed by atoms with E-state index in [1.54, 1.807) is 0 Å². The smallest absolute Gasteiger partial charge is 0.331 e. The Morgan fingerprint density at radius 1 is 1.16 bits per heavy atom. The fourth-order valence-electron chi connectivity index (χ4n) is 5.51. The van der Waals surface area contributed by atoms with E-state index in [9.17, 15) is 14.7 Å². The number of carbonyl (C=O) groups excluding carboxylic acids is 2. The molecule has 37 heavy (non-hydrogen) atoms. The van der Waals surface area contributed by atoms with Gasteiger partial charge in [-0.2, -0.15) is 0 Å². The molecule has 1 N–H and O–H groups in total. The number of esters is 1. The Morgan fingerprint density at radius 2 is 1.84 bits per heavy atom. The van der Waals surface area contributed by atoms with Crippen molar-refractivity contribution in [3.63, 3.8) is 0 Å². The fraction of sp³-hybridized carbons (Fsp3) is 0.625. The number of ketones is 1. The van der Waals surface area contributed by atoms with E-state index < -0.39 is 0 Å². The predicted octanol–water partition coefficient (Wildman–Crippen LogP) is 6.54. The van der Waals surface area contributed by atoms with E-state index in [4.69, 9.17) is 9.47 Å². The van der Waals surface area contributed by atoms with Crippen molar-refractivity contribution in [3.05, 3.63) is 59.8 Å². The van der Waals surface area contributed by atoms with Gasteiger partial charge in [0.1, 0.15) is 11.9 Å². The summed E-state index contributed by atoms with van der Waals surface area (Å²) in [7, 11) is 0. The monoisotopic (exact) mass is 512 g/mol. The average molecular weight is 513 g/mol. The van der Waals surface area contributed by atoms with Crippen LogP contribution in [0.3, 0.4) is 0 Å². The first-order valence-corrected chi connectivity index (χ1v) is 13.8. The molecule has 0 unspecified atom stereocenters. The van der Waals surface area contributed by atoms with E-state index >= 15 is 0 Å². The second kappa shape index (κ2) is 14.1. The summed E-state index contributed by atoms with van der Waals surface area (Å²) in [6, 6.07) is 0. The number of carbonyl (C=O) groups is 2. The summed E-state index contributed by atoms with van der Waals surface area (Å²) in [4.78, 5) is 24.6. The molecule has 2 heterocycles. The molecule has 0 aromatic rings. The highest BCUT2D eigenvalue weighted by molar-refractivity contribution is 5.85. The number of aliphatic hydroxyl groups excluding tert-OH is 1. The maximum absolute atomic E-state index is 13.2. The van der Waals surface area contributed by atoms with Gasteiger partial charge in [0.2, 0.25) is 0 Å². The Labute approximate surface area is 224 Å². The lowest BCUT2D eigenvalue weighted by Gasteiger charge is -2.27. The lowest BCUT2D eigenvalue weighted by Crippen LogP contribution is -2.34. The zero-order valence-electron chi connectivity index (χ0n) is 24.1. The Hall–Kier alpha value is -2.24. The summed E-state index contributed by atoms with van der Waals surface area (Å²) in [5.74, 6) is 0.363. The van der Waals surface area contributed by atoms with Crippen LogP contribution >= 0.6 is 0 Å². The standard InChI is InChI=1S/C32H48O5/c1-21(18-23(3)12-14-28-24(4)13-15-29(34)36-28)10-9-11-22(2)19-25(5)30(35)27(7)31-26(6)20-32(8,37-31)16-17-33/h9,11-15,18-19,21,24-28,31,33H,10,16-17,20H2,1-8H3/b11-9+,14-12+,22-19+,23-18-/t21-,24-,25+,26-,27+,28-,31-,32-/m0/s1. The first-order valence-electron chi connectivity index (χ1n) is 13.8. The molecule has 0 amide bonds. The van der Waals surface area contributed by atoms with Crippen molar-refractivity contribution >= 4 is 11.8 Å². The van der Waals surface area contributed by atoms with Crippen molar-refractivity contribution in [1.29, 1.82) is 0 Å². The minimum absolute atomic E-state index is 0.0995. The first kappa shape index (κ1) is 31.0. The molecule has 0 radical (unpaired) electrons. The summed E-state index contributed by atoms with van der Waals surface area (Å²) in [5, 5.41) is 9.35. The highest BCUT2D eigenvalue weighted by atomic mass is 16.5. The van der Waals surface area contributed by atoms with Gasteiger partial charge in [0.05, 0.1) is 11.7 Å². The van der Waals surface area contributed by atoms with Crippen LogP contribution in [0.5, 0.6) is 0 Å². The Balaban J connectivity index is 1.87. The number of aliphatic hydroxyl groups is 1. The maximum Gasteiger partial charge on any atom is 0.331 e. The Morgan fingerprint density at radius 3 is 2.51 bits per heavy atom. The largest absolute Gasteiger partial charge is 0.454 e. The molecule has 0 aromatic heterocycles. The molecule has 0 saturated carbocycles. The van der Waals surface area contributed by atoms with Gasteiger partial charge in [-0.15, -0.1) is 0 Å². The molecule has 2 aliphatic rings. The van der Waals surface area contributed by atoms with Gasteiger partial charge in [-0.05, 0) is 57.9 Å². The first-order chi connectivity index (χ1) is 17.3. The number of hydrogen-bond acceptors (Lipinski definition) is 5. The second-order valence-corrected chi connectivity index (χ2v) is 11.6. The zero-order valence-corrected chi connectivity index (χ0v) is 24.1. The molecule has 0 aromatic carbocycles. The molecule has 8 atom stereocenters. The fourth-order valence-corrected chi connectivity index (χ4v) is 5.51. The van der Waals surface area contributed by atoms with Gasteiger partial charge in [0.15, 0.2) is 0 Å². The number of hydrogen-bond donors (Lipinski definition) is 1. The number of rotatable bonds is 12. The molecule has 0 aliphatic carbocycles. The van der Waals surface area contributed by atoms with Gasteiger partial charge in [-0.3, -0.25) is 4.79 Å². The van der Waals surface area contributed by atoms with Crippen molar-refractivity contribution in [3.8, 4) is 0 Å². The minimum atomic E-state index is -0.344. The lowest BCUT2D eigenvalue weighted by molar-refractivity contribution is -0.143. The topological polar surface area (TPSA) is 72.8 Å². The van der Waals surface area contributed by atoms with Crippen LogP contribution in [0, 0.1) is 29.6 Å². The normalized spacial score (nSPS) is 31.6. The van der Waals surface area contributed by atoms with Gasteiger partial charge in [-0.1, -0.05) is 82.2 Å². The Kier molecular flexibility index (Phi) is 11.8. The molecule has 1 saturated heterocycles.